The van der Waals surface area contributed by atoms with Crippen LogP contribution in [0.25, 0.3) is 0 Å². The fraction of sp³-hybridized carbons (Fsp3) is 0.611. The van der Waals surface area contributed by atoms with Gasteiger partial charge in [-0.2, -0.15) is 5.06 Å². The SMILES string of the molecule is CC(C)(C)NCC(c1ccc2c(c1)C(C)(C)N(O)C2(C)C)=[S-](N)=O. The highest BCUT2D eigenvalue weighted by Crippen LogP contribution is 2.48. The Morgan fingerprint density at radius 2 is 1.75 bits per heavy atom. The normalized spacial score (nSPS) is 21.5. The summed E-state index contributed by atoms with van der Waals surface area (Å²) in [5.41, 5.74) is 1.88. The van der Waals surface area contributed by atoms with Gasteiger partial charge >= 0.3 is 0 Å². The van der Waals surface area contributed by atoms with E-state index in [0.717, 1.165) is 16.7 Å². The molecule has 0 atom stereocenters. The van der Waals surface area contributed by atoms with Gasteiger partial charge in [0.2, 0.25) is 0 Å². The number of hydrogen-bond acceptors (Lipinski definition) is 5. The van der Waals surface area contributed by atoms with Crippen molar-refractivity contribution in [2.75, 3.05) is 6.54 Å². The molecule has 5 nitrogen and oxygen atoms in total. The summed E-state index contributed by atoms with van der Waals surface area (Å²) in [7, 11) is -1.56. The second kappa shape index (κ2) is 6.11. The van der Waals surface area contributed by atoms with E-state index >= 15 is 0 Å². The highest BCUT2D eigenvalue weighted by atomic mass is 32.2. The summed E-state index contributed by atoms with van der Waals surface area (Å²) in [6.07, 6.45) is 0. The number of hydrogen-bond donors (Lipinski definition) is 3. The lowest BCUT2D eigenvalue weighted by molar-refractivity contribution is -0.216. The fourth-order valence-electron chi connectivity index (χ4n) is 3.32. The van der Waals surface area contributed by atoms with E-state index in [1.165, 1.54) is 5.06 Å². The monoisotopic (exact) mass is 352 g/mol. The lowest BCUT2D eigenvalue weighted by atomic mass is 9.88. The van der Waals surface area contributed by atoms with Crippen molar-refractivity contribution >= 4 is 15.4 Å². The van der Waals surface area contributed by atoms with E-state index in [1.54, 1.807) is 0 Å². The summed E-state index contributed by atoms with van der Waals surface area (Å²) in [5, 5.41) is 21.0. The number of nitrogens with one attached hydrogen (secondary N) is 1. The predicted molar refractivity (Wildman–Crippen MR) is 100 cm³/mol. The van der Waals surface area contributed by atoms with Crippen molar-refractivity contribution in [2.45, 2.75) is 65.1 Å². The highest BCUT2D eigenvalue weighted by Gasteiger charge is 2.48. The minimum atomic E-state index is -1.56. The average Bonchev–Trinajstić information content (AvgIpc) is 2.56. The summed E-state index contributed by atoms with van der Waals surface area (Å²) in [6, 6.07) is 5.96. The third-order valence-corrected chi connectivity index (χ3v) is 5.61. The average molecular weight is 353 g/mol. The molecule has 0 saturated carbocycles. The van der Waals surface area contributed by atoms with Crippen LogP contribution in [-0.2, 0) is 25.9 Å². The van der Waals surface area contributed by atoms with E-state index in [2.05, 4.69) is 26.1 Å². The molecule has 1 aromatic rings. The molecule has 0 unspecified atom stereocenters. The van der Waals surface area contributed by atoms with Gasteiger partial charge in [0, 0.05) is 12.1 Å². The van der Waals surface area contributed by atoms with E-state index in [9.17, 15) is 9.42 Å². The Hall–Kier alpha value is -0.920. The first-order valence-corrected chi connectivity index (χ1v) is 9.41. The van der Waals surface area contributed by atoms with Crippen molar-refractivity contribution in [1.82, 2.24) is 10.4 Å². The van der Waals surface area contributed by atoms with Crippen LogP contribution >= 0.6 is 0 Å². The van der Waals surface area contributed by atoms with E-state index in [-0.39, 0.29) is 5.54 Å². The number of nitrogens with two attached hydrogens (primary N) is 1. The van der Waals surface area contributed by atoms with Crippen LogP contribution in [0.5, 0.6) is 0 Å². The van der Waals surface area contributed by atoms with Crippen LogP contribution in [0.15, 0.2) is 18.2 Å². The molecule has 2 rings (SSSR count). The third kappa shape index (κ3) is 3.39. The molecule has 0 fully saturated rings. The Bertz CT molecular complexity index is 726. The summed E-state index contributed by atoms with van der Waals surface area (Å²) >= 11 is 0. The van der Waals surface area contributed by atoms with Crippen molar-refractivity contribution in [3.8, 4) is 0 Å². The van der Waals surface area contributed by atoms with Crippen LogP contribution in [0, 0.1) is 0 Å². The van der Waals surface area contributed by atoms with Gasteiger partial charge in [0.15, 0.2) is 0 Å². The standard InChI is InChI=1S/C18H30N3O2S/c1-16(2,3)20-11-15(24(19)23)12-8-9-13-14(10-12)18(6,7)21(22)17(13,4)5/h8-10,20,22H,11H2,1-7H3,(H2,19,23)/q-1. The number of benzene rings is 1. The van der Waals surface area contributed by atoms with Crippen molar-refractivity contribution in [3.63, 3.8) is 0 Å². The Morgan fingerprint density at radius 1 is 1.21 bits per heavy atom. The lowest BCUT2D eigenvalue weighted by Gasteiger charge is -2.34. The zero-order valence-corrected chi connectivity index (χ0v) is 16.5. The summed E-state index contributed by atoms with van der Waals surface area (Å²) in [4.78, 5) is 0.665. The minimum absolute atomic E-state index is 0.0928. The van der Waals surface area contributed by atoms with Crippen LogP contribution in [0.4, 0.5) is 0 Å². The molecular formula is C18H30N3O2S-. The van der Waals surface area contributed by atoms with Gasteiger partial charge in [-0.1, -0.05) is 18.2 Å². The third-order valence-electron chi connectivity index (χ3n) is 4.74. The molecule has 0 aromatic heterocycles. The molecule has 1 aliphatic heterocycles. The Kier molecular flexibility index (Phi) is 4.94. The van der Waals surface area contributed by atoms with Gasteiger partial charge in [-0.15, -0.1) is 4.86 Å². The number of fused-ring (bicyclic) bond motifs is 1. The molecule has 24 heavy (non-hydrogen) atoms. The maximum absolute atomic E-state index is 12.1. The van der Waals surface area contributed by atoms with Crippen molar-refractivity contribution in [3.05, 3.63) is 34.9 Å². The Morgan fingerprint density at radius 3 is 2.25 bits per heavy atom. The Labute approximate surface area is 147 Å². The summed E-state index contributed by atoms with van der Waals surface area (Å²) in [6.45, 7) is 14.6. The zero-order chi connectivity index (χ0) is 18.5. The molecule has 6 heteroatoms. The molecule has 136 valence electrons. The minimum Gasteiger partial charge on any atom is -0.447 e. The second-order valence-corrected chi connectivity index (χ2v) is 9.60. The van der Waals surface area contributed by atoms with E-state index in [0.29, 0.717) is 11.4 Å². The van der Waals surface area contributed by atoms with Gasteiger partial charge in [0.25, 0.3) is 0 Å². The fourth-order valence-corrected chi connectivity index (χ4v) is 3.89. The van der Waals surface area contributed by atoms with Crippen LogP contribution in [0.2, 0.25) is 0 Å². The molecule has 0 bridgehead atoms. The molecule has 0 saturated heterocycles. The lowest BCUT2D eigenvalue weighted by Crippen LogP contribution is -2.42. The first-order valence-electron chi connectivity index (χ1n) is 8.20. The summed E-state index contributed by atoms with van der Waals surface area (Å²) < 4.78 is 12.1. The molecule has 0 aliphatic carbocycles. The predicted octanol–water partition coefficient (Wildman–Crippen LogP) is 2.61. The molecule has 1 aromatic carbocycles. The quantitative estimate of drug-likeness (QED) is 0.444. The van der Waals surface area contributed by atoms with Crippen LogP contribution in [0.3, 0.4) is 0 Å². The molecule has 1 aliphatic rings. The number of rotatable bonds is 3. The highest BCUT2D eigenvalue weighted by molar-refractivity contribution is 7.83. The maximum Gasteiger partial charge on any atom is 0.0666 e. The van der Waals surface area contributed by atoms with E-state index in [4.69, 9.17) is 5.14 Å². The summed E-state index contributed by atoms with van der Waals surface area (Å²) in [5.74, 6) is 0. The second-order valence-electron chi connectivity index (χ2n) is 8.51. The van der Waals surface area contributed by atoms with Gasteiger partial charge in [-0.05, 0) is 65.2 Å². The molecule has 0 spiro atoms. The van der Waals surface area contributed by atoms with E-state index < -0.39 is 21.7 Å². The van der Waals surface area contributed by atoms with E-state index in [1.807, 2.05) is 45.9 Å². The van der Waals surface area contributed by atoms with Crippen LogP contribution in [-0.4, -0.2) is 27.2 Å². The van der Waals surface area contributed by atoms with Crippen LogP contribution in [0.1, 0.15) is 65.2 Å². The van der Waals surface area contributed by atoms with Crippen molar-refractivity contribution in [2.24, 2.45) is 5.14 Å². The smallest absolute Gasteiger partial charge is 0.0666 e. The number of nitrogens with zero attached hydrogens (tertiary/aromatic N) is 1. The molecular weight excluding hydrogens is 322 g/mol. The first-order chi connectivity index (χ1) is 10.8. The first kappa shape index (κ1) is 19.4. The van der Waals surface area contributed by atoms with Gasteiger partial charge in [0.05, 0.1) is 11.1 Å². The molecule has 0 radical (unpaired) electrons. The van der Waals surface area contributed by atoms with Gasteiger partial charge in [0.1, 0.15) is 0 Å². The zero-order valence-electron chi connectivity index (χ0n) is 15.7. The molecule has 4 N–H and O–H groups in total. The van der Waals surface area contributed by atoms with Gasteiger partial charge in [-0.25, -0.2) is 10.6 Å². The van der Waals surface area contributed by atoms with Crippen molar-refractivity contribution in [1.29, 1.82) is 0 Å². The molecule has 0 amide bonds. The molecule has 1 heterocycles. The largest absolute Gasteiger partial charge is 0.447 e. The van der Waals surface area contributed by atoms with Gasteiger partial charge in [-0.3, -0.25) is 0 Å². The number of hydroxylamine groups is 2. The van der Waals surface area contributed by atoms with Crippen LogP contribution < -0.4 is 10.5 Å². The Balaban J connectivity index is 2.50. The topological polar surface area (TPSA) is 78.6 Å². The van der Waals surface area contributed by atoms with Crippen molar-refractivity contribution < 1.29 is 9.42 Å². The maximum atomic E-state index is 12.1. The van der Waals surface area contributed by atoms with Gasteiger partial charge < -0.3 is 19.9 Å².